The molecule has 1 amide bonds. The molecule has 1 aliphatic rings. The summed E-state index contributed by atoms with van der Waals surface area (Å²) >= 11 is 0. The van der Waals surface area contributed by atoms with Crippen molar-refractivity contribution in [3.63, 3.8) is 0 Å². The largest absolute Gasteiger partial charge is 0.493 e. The maximum Gasteiger partial charge on any atom is 0.224 e. The highest BCUT2D eigenvalue weighted by atomic mass is 16.5. The van der Waals surface area contributed by atoms with Gasteiger partial charge in [-0.05, 0) is 36.5 Å². The highest BCUT2D eigenvalue weighted by Gasteiger charge is 2.14. The van der Waals surface area contributed by atoms with E-state index in [4.69, 9.17) is 9.47 Å². The Labute approximate surface area is 133 Å². The van der Waals surface area contributed by atoms with E-state index in [1.165, 1.54) is 32.1 Å². The molecule has 0 heterocycles. The molecule has 1 fully saturated rings. The van der Waals surface area contributed by atoms with E-state index in [0.29, 0.717) is 17.9 Å². The monoisotopic (exact) mass is 305 g/mol. The van der Waals surface area contributed by atoms with Crippen molar-refractivity contribution in [3.8, 4) is 11.5 Å². The zero-order valence-electron chi connectivity index (χ0n) is 13.7. The van der Waals surface area contributed by atoms with Crippen LogP contribution in [0.2, 0.25) is 0 Å². The van der Waals surface area contributed by atoms with Crippen LogP contribution in [0, 0.1) is 5.92 Å². The molecule has 0 spiro atoms. The number of hydrogen-bond donors (Lipinski definition) is 1. The molecule has 22 heavy (non-hydrogen) atoms. The van der Waals surface area contributed by atoms with Gasteiger partial charge in [-0.15, -0.1) is 0 Å². The number of benzene rings is 1. The van der Waals surface area contributed by atoms with Gasteiger partial charge < -0.3 is 14.8 Å². The Bertz CT molecular complexity index is 481. The van der Waals surface area contributed by atoms with Gasteiger partial charge in [0.2, 0.25) is 5.91 Å². The number of rotatable bonds is 8. The summed E-state index contributed by atoms with van der Waals surface area (Å²) in [4.78, 5) is 12.0. The summed E-state index contributed by atoms with van der Waals surface area (Å²) in [5.41, 5.74) is 0.936. The van der Waals surface area contributed by atoms with Crippen LogP contribution in [0.5, 0.6) is 11.5 Å². The molecule has 0 aromatic heterocycles. The van der Waals surface area contributed by atoms with Crippen LogP contribution in [0.3, 0.4) is 0 Å². The average molecular weight is 305 g/mol. The molecule has 4 heteroatoms. The lowest BCUT2D eigenvalue weighted by molar-refractivity contribution is -0.120. The Morgan fingerprint density at radius 1 is 1.18 bits per heavy atom. The van der Waals surface area contributed by atoms with Crippen molar-refractivity contribution < 1.29 is 14.3 Å². The molecular weight excluding hydrogens is 278 g/mol. The highest BCUT2D eigenvalue weighted by Crippen LogP contribution is 2.28. The van der Waals surface area contributed by atoms with Gasteiger partial charge in [0.15, 0.2) is 11.5 Å². The molecule has 1 aromatic carbocycles. The smallest absolute Gasteiger partial charge is 0.224 e. The topological polar surface area (TPSA) is 47.6 Å². The van der Waals surface area contributed by atoms with Crippen molar-refractivity contribution in [2.24, 2.45) is 5.92 Å². The van der Waals surface area contributed by atoms with Gasteiger partial charge >= 0.3 is 0 Å². The summed E-state index contributed by atoms with van der Waals surface area (Å²) in [5.74, 6) is 2.30. The van der Waals surface area contributed by atoms with Crippen molar-refractivity contribution >= 4 is 5.91 Å². The van der Waals surface area contributed by atoms with E-state index in [-0.39, 0.29) is 5.91 Å². The zero-order chi connectivity index (χ0) is 15.8. The molecule has 0 atom stereocenters. The number of hydrogen-bond acceptors (Lipinski definition) is 3. The van der Waals surface area contributed by atoms with Crippen molar-refractivity contribution in [1.29, 1.82) is 0 Å². The number of methoxy groups -OCH3 is 2. The third-order valence-electron chi connectivity index (χ3n) is 4.40. The molecule has 0 unspecified atom stereocenters. The lowest BCUT2D eigenvalue weighted by Crippen LogP contribution is -2.26. The second-order valence-corrected chi connectivity index (χ2v) is 6.01. The minimum absolute atomic E-state index is 0.0682. The first-order valence-corrected chi connectivity index (χ1v) is 8.20. The summed E-state index contributed by atoms with van der Waals surface area (Å²) in [7, 11) is 3.21. The molecule has 1 N–H and O–H groups in total. The van der Waals surface area contributed by atoms with Gasteiger partial charge in [-0.2, -0.15) is 0 Å². The minimum atomic E-state index is 0.0682. The first-order chi connectivity index (χ1) is 10.7. The Hall–Kier alpha value is -1.71. The number of amides is 1. The van der Waals surface area contributed by atoms with Crippen LogP contribution in [0.4, 0.5) is 0 Å². The molecule has 1 aromatic rings. The number of carbonyl (C=O) groups excluding carboxylic acids is 1. The van der Waals surface area contributed by atoms with Gasteiger partial charge in [0, 0.05) is 6.54 Å². The first-order valence-electron chi connectivity index (χ1n) is 8.20. The summed E-state index contributed by atoms with van der Waals surface area (Å²) in [6.45, 7) is 0.780. The van der Waals surface area contributed by atoms with Gasteiger partial charge in [-0.25, -0.2) is 0 Å². The van der Waals surface area contributed by atoms with E-state index in [1.54, 1.807) is 14.2 Å². The van der Waals surface area contributed by atoms with E-state index >= 15 is 0 Å². The Morgan fingerprint density at radius 2 is 1.91 bits per heavy atom. The number of ether oxygens (including phenoxy) is 2. The predicted octanol–water partition coefficient (Wildman–Crippen LogP) is 3.33. The molecule has 122 valence electrons. The molecule has 2 rings (SSSR count). The van der Waals surface area contributed by atoms with E-state index in [2.05, 4.69) is 5.32 Å². The fourth-order valence-corrected chi connectivity index (χ4v) is 3.16. The third kappa shape index (κ3) is 4.93. The second-order valence-electron chi connectivity index (χ2n) is 6.01. The Kier molecular flexibility index (Phi) is 6.56. The number of nitrogens with one attached hydrogen (secondary N) is 1. The fourth-order valence-electron chi connectivity index (χ4n) is 3.16. The van der Waals surface area contributed by atoms with Crippen LogP contribution >= 0.6 is 0 Å². The van der Waals surface area contributed by atoms with Crippen molar-refractivity contribution in [3.05, 3.63) is 23.8 Å². The first kappa shape index (κ1) is 16.7. The lowest BCUT2D eigenvalue weighted by Gasteiger charge is -2.11. The molecule has 0 aliphatic heterocycles. The Morgan fingerprint density at radius 3 is 2.59 bits per heavy atom. The summed E-state index contributed by atoms with van der Waals surface area (Å²) < 4.78 is 10.5. The second kappa shape index (κ2) is 8.66. The lowest BCUT2D eigenvalue weighted by atomic mass is 10.0. The van der Waals surface area contributed by atoms with Gasteiger partial charge in [0.05, 0.1) is 20.6 Å². The van der Waals surface area contributed by atoms with Gasteiger partial charge in [-0.3, -0.25) is 4.79 Å². The summed E-state index contributed by atoms with van der Waals surface area (Å²) in [6.07, 6.45) is 8.23. The van der Waals surface area contributed by atoms with E-state index in [1.807, 2.05) is 18.2 Å². The number of carbonyl (C=O) groups is 1. The van der Waals surface area contributed by atoms with Crippen LogP contribution in [0.15, 0.2) is 18.2 Å². The minimum Gasteiger partial charge on any atom is -0.493 e. The van der Waals surface area contributed by atoms with Gasteiger partial charge in [0.25, 0.3) is 0 Å². The molecule has 0 radical (unpaired) electrons. The van der Waals surface area contributed by atoms with Gasteiger partial charge in [0.1, 0.15) is 0 Å². The molecule has 4 nitrogen and oxygen atoms in total. The normalized spacial score (nSPS) is 14.8. The van der Waals surface area contributed by atoms with Gasteiger partial charge in [-0.1, -0.05) is 31.7 Å². The molecule has 0 saturated heterocycles. The summed E-state index contributed by atoms with van der Waals surface area (Å²) in [5, 5.41) is 3.01. The van der Waals surface area contributed by atoms with E-state index < -0.39 is 0 Å². The third-order valence-corrected chi connectivity index (χ3v) is 4.40. The summed E-state index contributed by atoms with van der Waals surface area (Å²) in [6, 6.07) is 5.60. The van der Waals surface area contributed by atoms with Crippen LogP contribution in [-0.2, 0) is 11.2 Å². The van der Waals surface area contributed by atoms with Crippen LogP contribution in [0.25, 0.3) is 0 Å². The molecule has 1 aliphatic carbocycles. The molecule has 1 saturated carbocycles. The van der Waals surface area contributed by atoms with Crippen LogP contribution in [-0.4, -0.2) is 26.7 Å². The fraction of sp³-hybridized carbons (Fsp3) is 0.611. The quantitative estimate of drug-likeness (QED) is 0.749. The van der Waals surface area contributed by atoms with Crippen LogP contribution < -0.4 is 14.8 Å². The maximum absolute atomic E-state index is 12.0. The molecule has 0 bridgehead atoms. The molecular formula is C18H27NO3. The van der Waals surface area contributed by atoms with E-state index in [9.17, 15) is 4.79 Å². The SMILES string of the molecule is COc1ccc(CC(=O)NCCCC2CCCC2)cc1OC. The van der Waals surface area contributed by atoms with Crippen molar-refractivity contribution in [1.82, 2.24) is 5.32 Å². The van der Waals surface area contributed by atoms with E-state index in [0.717, 1.165) is 24.4 Å². The maximum atomic E-state index is 12.0. The van der Waals surface area contributed by atoms with Crippen molar-refractivity contribution in [2.75, 3.05) is 20.8 Å². The predicted molar refractivity (Wildman–Crippen MR) is 87.5 cm³/mol. The van der Waals surface area contributed by atoms with Crippen molar-refractivity contribution in [2.45, 2.75) is 44.9 Å². The van der Waals surface area contributed by atoms with Crippen LogP contribution in [0.1, 0.15) is 44.1 Å². The Balaban J connectivity index is 1.72. The highest BCUT2D eigenvalue weighted by molar-refractivity contribution is 5.78. The average Bonchev–Trinajstić information content (AvgIpc) is 3.04. The zero-order valence-corrected chi connectivity index (χ0v) is 13.7. The standard InChI is InChI=1S/C18H27NO3/c1-21-16-10-9-15(12-17(16)22-2)13-18(20)19-11-5-8-14-6-3-4-7-14/h9-10,12,14H,3-8,11,13H2,1-2H3,(H,19,20).